The van der Waals surface area contributed by atoms with Crippen LogP contribution in [0.5, 0.6) is 5.75 Å². The topological polar surface area (TPSA) is 130 Å². The fourth-order valence-corrected chi connectivity index (χ4v) is 2.96. The Morgan fingerprint density at radius 2 is 2.05 bits per heavy atom. The largest absolute Gasteiger partial charge is 0.502 e. The van der Waals surface area contributed by atoms with Crippen LogP contribution in [0, 0.1) is 10.1 Å². The summed E-state index contributed by atoms with van der Waals surface area (Å²) in [5.74, 6) is -0.614. The number of aliphatic hydroxyl groups is 1. The number of nitrogens with one attached hydrogen (secondary N) is 1. The van der Waals surface area contributed by atoms with Gasteiger partial charge in [0.1, 0.15) is 0 Å². The number of aromatic hydroxyl groups is 1. The van der Waals surface area contributed by atoms with E-state index in [1.807, 2.05) is 6.92 Å². The Bertz CT molecular complexity index is 627. The molecule has 3 N–H and O–H groups in total. The van der Waals surface area contributed by atoms with Gasteiger partial charge in [0.05, 0.1) is 15.4 Å². The summed E-state index contributed by atoms with van der Waals surface area (Å²) in [6.45, 7) is 3.14. The highest BCUT2D eigenvalue weighted by Crippen LogP contribution is 2.28. The van der Waals surface area contributed by atoms with Crippen LogP contribution in [0.1, 0.15) is 26.7 Å². The second kappa shape index (κ2) is 6.37. The zero-order chi connectivity index (χ0) is 16.3. The number of rotatable bonds is 7. The van der Waals surface area contributed by atoms with E-state index in [9.17, 15) is 28.7 Å². The average Bonchev–Trinajstić information content (AvgIpc) is 2.36. The van der Waals surface area contributed by atoms with Crippen LogP contribution in [-0.4, -0.2) is 35.7 Å². The van der Waals surface area contributed by atoms with E-state index >= 15 is 0 Å². The van der Waals surface area contributed by atoms with E-state index in [2.05, 4.69) is 4.72 Å². The second-order valence-corrected chi connectivity index (χ2v) is 6.75. The minimum Gasteiger partial charge on any atom is -0.502 e. The summed E-state index contributed by atoms with van der Waals surface area (Å²) in [7, 11) is -4.01. The molecule has 9 heteroatoms. The Labute approximate surface area is 122 Å². The maximum atomic E-state index is 12.0. The highest BCUT2D eigenvalue weighted by atomic mass is 32.2. The van der Waals surface area contributed by atoms with Gasteiger partial charge in [-0.1, -0.05) is 13.3 Å². The molecule has 0 spiro atoms. The van der Waals surface area contributed by atoms with Crippen molar-refractivity contribution < 1.29 is 23.6 Å². The van der Waals surface area contributed by atoms with Gasteiger partial charge in [0.2, 0.25) is 10.0 Å². The monoisotopic (exact) mass is 318 g/mol. The summed E-state index contributed by atoms with van der Waals surface area (Å²) in [4.78, 5) is 9.47. The second-order valence-electron chi connectivity index (χ2n) is 4.98. The van der Waals surface area contributed by atoms with E-state index in [1.165, 1.54) is 6.92 Å². The lowest BCUT2D eigenvalue weighted by molar-refractivity contribution is -0.386. The summed E-state index contributed by atoms with van der Waals surface area (Å²) in [5, 5.41) is 29.9. The highest BCUT2D eigenvalue weighted by molar-refractivity contribution is 7.89. The van der Waals surface area contributed by atoms with E-state index < -0.39 is 32.0 Å². The molecule has 0 radical (unpaired) electrons. The highest BCUT2D eigenvalue weighted by Gasteiger charge is 2.25. The number of sulfonamides is 1. The van der Waals surface area contributed by atoms with Crippen LogP contribution in [0.3, 0.4) is 0 Å². The first-order valence-corrected chi connectivity index (χ1v) is 7.77. The van der Waals surface area contributed by atoms with Gasteiger partial charge >= 0.3 is 5.69 Å². The van der Waals surface area contributed by atoms with Crippen molar-refractivity contribution in [3.05, 3.63) is 28.3 Å². The number of nitrogens with zero attached hydrogens (tertiary/aromatic N) is 1. The number of hydrogen-bond donors (Lipinski definition) is 3. The van der Waals surface area contributed by atoms with Crippen LogP contribution in [0.25, 0.3) is 0 Å². The molecule has 0 fully saturated rings. The molecule has 0 aliphatic heterocycles. The van der Waals surface area contributed by atoms with Crippen molar-refractivity contribution in [1.29, 1.82) is 0 Å². The molecule has 0 aliphatic rings. The molecular weight excluding hydrogens is 300 g/mol. The fraction of sp³-hybridized carbons (Fsp3) is 0.500. The van der Waals surface area contributed by atoms with Gasteiger partial charge < -0.3 is 10.2 Å². The van der Waals surface area contributed by atoms with Crippen molar-refractivity contribution in [3.63, 3.8) is 0 Å². The van der Waals surface area contributed by atoms with Crippen LogP contribution < -0.4 is 4.72 Å². The van der Waals surface area contributed by atoms with Crippen LogP contribution in [0.4, 0.5) is 5.69 Å². The molecule has 21 heavy (non-hydrogen) atoms. The molecule has 1 atom stereocenters. The first-order valence-electron chi connectivity index (χ1n) is 6.28. The minimum atomic E-state index is -4.01. The molecule has 1 rings (SSSR count). The van der Waals surface area contributed by atoms with E-state index in [-0.39, 0.29) is 11.4 Å². The van der Waals surface area contributed by atoms with Crippen LogP contribution in [-0.2, 0) is 10.0 Å². The van der Waals surface area contributed by atoms with Crippen molar-refractivity contribution >= 4 is 15.7 Å². The molecule has 118 valence electrons. The van der Waals surface area contributed by atoms with E-state index in [4.69, 9.17) is 0 Å². The zero-order valence-electron chi connectivity index (χ0n) is 11.7. The minimum absolute atomic E-state index is 0.210. The van der Waals surface area contributed by atoms with Gasteiger partial charge in [0, 0.05) is 12.6 Å². The van der Waals surface area contributed by atoms with Gasteiger partial charge in [0.25, 0.3) is 0 Å². The Morgan fingerprint density at radius 3 is 2.57 bits per heavy atom. The number of phenolic OH excluding ortho intramolecular Hbond substituents is 1. The quantitative estimate of drug-likeness (QED) is 0.510. The molecule has 0 bridgehead atoms. The number of nitro groups is 1. The Kier molecular flexibility index (Phi) is 5.26. The van der Waals surface area contributed by atoms with Gasteiger partial charge in [-0.25, -0.2) is 13.1 Å². The molecule has 0 amide bonds. The third-order valence-electron chi connectivity index (χ3n) is 2.89. The van der Waals surface area contributed by atoms with Crippen molar-refractivity contribution in [2.24, 2.45) is 0 Å². The number of benzene rings is 1. The number of hydrogen-bond acceptors (Lipinski definition) is 6. The summed E-state index contributed by atoms with van der Waals surface area (Å²) in [6, 6.07) is 2.77. The third-order valence-corrected chi connectivity index (χ3v) is 4.28. The molecule has 0 saturated heterocycles. The van der Waals surface area contributed by atoms with Crippen molar-refractivity contribution in [1.82, 2.24) is 4.72 Å². The Morgan fingerprint density at radius 1 is 1.43 bits per heavy atom. The smallest absolute Gasteiger partial charge is 0.312 e. The van der Waals surface area contributed by atoms with E-state index in [1.54, 1.807) is 0 Å². The SMILES string of the molecule is CCCC(C)(O)CNS(=O)(=O)c1ccc(O)c([N+](=O)[O-])c1. The molecule has 0 heterocycles. The molecular formula is C12H18N2O6S. The van der Waals surface area contributed by atoms with Gasteiger partial charge in [-0.15, -0.1) is 0 Å². The van der Waals surface area contributed by atoms with Crippen molar-refractivity contribution in [2.75, 3.05) is 6.54 Å². The maximum absolute atomic E-state index is 12.0. The molecule has 1 unspecified atom stereocenters. The van der Waals surface area contributed by atoms with Crippen LogP contribution >= 0.6 is 0 Å². The lowest BCUT2D eigenvalue weighted by Gasteiger charge is -2.22. The van der Waals surface area contributed by atoms with Crippen LogP contribution in [0.2, 0.25) is 0 Å². The standard InChI is InChI=1S/C12H18N2O6S/c1-3-6-12(2,16)8-13-21(19,20)9-4-5-11(15)10(7-9)14(17)18/h4-5,7,13,15-16H,3,6,8H2,1-2H3. The molecule has 8 nitrogen and oxygen atoms in total. The summed E-state index contributed by atoms with van der Waals surface area (Å²) >= 11 is 0. The molecule has 0 saturated carbocycles. The van der Waals surface area contributed by atoms with Gasteiger partial charge in [-0.3, -0.25) is 10.1 Å². The van der Waals surface area contributed by atoms with E-state index in [0.29, 0.717) is 12.8 Å². The summed E-state index contributed by atoms with van der Waals surface area (Å²) in [6.07, 6.45) is 1.09. The predicted molar refractivity (Wildman–Crippen MR) is 75.5 cm³/mol. The third kappa shape index (κ3) is 4.66. The Hall–Kier alpha value is -1.71. The molecule has 0 aliphatic carbocycles. The zero-order valence-corrected chi connectivity index (χ0v) is 12.6. The Balaban J connectivity index is 2.99. The first kappa shape index (κ1) is 17.3. The first-order chi connectivity index (χ1) is 9.59. The molecule has 0 aromatic heterocycles. The maximum Gasteiger partial charge on any atom is 0.312 e. The summed E-state index contributed by atoms with van der Waals surface area (Å²) in [5.41, 5.74) is -1.90. The number of nitro benzene ring substituents is 1. The average molecular weight is 318 g/mol. The molecule has 1 aromatic carbocycles. The predicted octanol–water partition coefficient (Wildman–Crippen LogP) is 1.13. The lowest BCUT2D eigenvalue weighted by atomic mass is 10.0. The normalized spacial score (nSPS) is 14.6. The fourth-order valence-electron chi connectivity index (χ4n) is 1.78. The van der Waals surface area contributed by atoms with E-state index in [0.717, 1.165) is 18.2 Å². The van der Waals surface area contributed by atoms with Crippen LogP contribution in [0.15, 0.2) is 23.1 Å². The van der Waals surface area contributed by atoms with Gasteiger partial charge in [0.15, 0.2) is 5.75 Å². The lowest BCUT2D eigenvalue weighted by Crippen LogP contribution is -2.40. The molecule has 1 aromatic rings. The number of phenols is 1. The van der Waals surface area contributed by atoms with Gasteiger partial charge in [-0.05, 0) is 25.5 Å². The summed E-state index contributed by atoms with van der Waals surface area (Å²) < 4.78 is 26.3. The van der Waals surface area contributed by atoms with Gasteiger partial charge in [-0.2, -0.15) is 0 Å². The van der Waals surface area contributed by atoms with Crippen molar-refractivity contribution in [2.45, 2.75) is 37.2 Å². The van der Waals surface area contributed by atoms with Crippen molar-refractivity contribution in [3.8, 4) is 5.75 Å².